The van der Waals surface area contributed by atoms with Crippen molar-refractivity contribution in [2.24, 2.45) is 5.14 Å². The number of halogens is 2. The Morgan fingerprint density at radius 3 is 2.51 bits per heavy atom. The fraction of sp³-hybridized carbons (Fsp3) is 0.417. The lowest BCUT2D eigenvalue weighted by molar-refractivity contribution is 0.130. The average molecular weight is 533 g/mol. The lowest BCUT2D eigenvalue weighted by Crippen LogP contribution is -2.24. The topological polar surface area (TPSA) is 138 Å². The van der Waals surface area contributed by atoms with Crippen LogP contribution >= 0.6 is 0 Å². The Morgan fingerprint density at radius 2 is 1.86 bits per heavy atom. The summed E-state index contributed by atoms with van der Waals surface area (Å²) in [5.74, 6) is -0.761. The van der Waals surface area contributed by atoms with Gasteiger partial charge in [0.05, 0.1) is 11.3 Å². The van der Waals surface area contributed by atoms with Gasteiger partial charge in [-0.05, 0) is 44.7 Å². The molecule has 0 unspecified atom stereocenters. The summed E-state index contributed by atoms with van der Waals surface area (Å²) in [6, 6.07) is 3.74. The van der Waals surface area contributed by atoms with E-state index in [0.717, 1.165) is 37.8 Å². The van der Waals surface area contributed by atoms with Crippen molar-refractivity contribution in [2.45, 2.75) is 69.3 Å². The van der Waals surface area contributed by atoms with Gasteiger partial charge in [-0.2, -0.15) is 14.6 Å². The van der Waals surface area contributed by atoms with Crippen molar-refractivity contribution in [1.82, 2.24) is 24.7 Å². The molecule has 0 spiro atoms. The maximum atomic E-state index is 15.0. The highest BCUT2D eigenvalue weighted by Gasteiger charge is 2.29. The third-order valence-electron chi connectivity index (χ3n) is 6.57. The molecular weight excluding hydrogens is 506 g/mol. The van der Waals surface area contributed by atoms with Crippen molar-refractivity contribution in [3.8, 4) is 17.0 Å². The summed E-state index contributed by atoms with van der Waals surface area (Å²) >= 11 is 0. The average Bonchev–Trinajstić information content (AvgIpc) is 3.46. The number of hydrogen-bond acceptors (Lipinski definition) is 8. The first kappa shape index (κ1) is 25.2. The highest BCUT2D eigenvalue weighted by Crippen LogP contribution is 2.36. The van der Waals surface area contributed by atoms with E-state index in [-0.39, 0.29) is 34.7 Å². The maximum absolute atomic E-state index is 15.0. The first-order valence-electron chi connectivity index (χ1n) is 11.9. The number of ether oxygens (including phenoxy) is 1. The fourth-order valence-electron chi connectivity index (χ4n) is 4.63. The standard InChI is InChI=1S/C24H26F2N6O4S/c1-12(2)22-29-24(36-31-22)14-4-6-15(7-5-14)35-18-10-11-28-23-19(13(3)30-32(18)23)16-8-9-17(37(27,33)34)21(26)20(16)25/h8-12,14-15H,4-7H2,1-3H3,(H2,27,33,34). The van der Waals surface area contributed by atoms with E-state index in [9.17, 15) is 17.2 Å². The van der Waals surface area contributed by atoms with Crippen molar-refractivity contribution < 1.29 is 26.5 Å². The van der Waals surface area contributed by atoms with E-state index in [0.29, 0.717) is 23.3 Å². The van der Waals surface area contributed by atoms with E-state index in [1.54, 1.807) is 13.0 Å². The van der Waals surface area contributed by atoms with Gasteiger partial charge in [0.15, 0.2) is 23.1 Å². The Hall–Kier alpha value is -3.45. The van der Waals surface area contributed by atoms with Gasteiger partial charge < -0.3 is 9.26 Å². The lowest BCUT2D eigenvalue weighted by Gasteiger charge is -2.27. The second kappa shape index (κ2) is 9.45. The monoisotopic (exact) mass is 532 g/mol. The zero-order valence-electron chi connectivity index (χ0n) is 20.5. The van der Waals surface area contributed by atoms with Gasteiger partial charge in [0.2, 0.25) is 21.8 Å². The molecule has 3 aromatic heterocycles. The minimum atomic E-state index is -4.43. The summed E-state index contributed by atoms with van der Waals surface area (Å²) in [6.45, 7) is 5.66. The molecule has 5 rings (SSSR count). The quantitative estimate of drug-likeness (QED) is 0.389. The molecule has 1 fully saturated rings. The van der Waals surface area contributed by atoms with E-state index in [1.165, 1.54) is 10.7 Å². The molecule has 1 aliphatic rings. The number of aryl methyl sites for hydroxylation is 1. The van der Waals surface area contributed by atoms with E-state index in [2.05, 4.69) is 20.2 Å². The molecular formula is C24H26F2N6O4S. The molecule has 0 atom stereocenters. The Balaban J connectivity index is 1.39. The zero-order valence-corrected chi connectivity index (χ0v) is 21.3. The third kappa shape index (κ3) is 4.68. The van der Waals surface area contributed by atoms with Crippen LogP contribution in [0.4, 0.5) is 8.78 Å². The summed E-state index contributed by atoms with van der Waals surface area (Å²) in [4.78, 5) is 7.90. The molecule has 37 heavy (non-hydrogen) atoms. The lowest BCUT2D eigenvalue weighted by atomic mass is 9.87. The molecule has 0 aliphatic heterocycles. The maximum Gasteiger partial charge on any atom is 0.241 e. The van der Waals surface area contributed by atoms with Crippen LogP contribution in [0.2, 0.25) is 0 Å². The van der Waals surface area contributed by atoms with Gasteiger partial charge in [0.1, 0.15) is 11.0 Å². The third-order valence-corrected chi connectivity index (χ3v) is 7.49. The molecule has 10 nitrogen and oxygen atoms in total. The number of rotatable bonds is 6. The fourth-order valence-corrected chi connectivity index (χ4v) is 5.22. The number of nitrogens with zero attached hydrogens (tertiary/aromatic N) is 5. The Kier molecular flexibility index (Phi) is 6.44. The number of primary sulfonamides is 1. The predicted octanol–water partition coefficient (Wildman–Crippen LogP) is 4.24. The van der Waals surface area contributed by atoms with Gasteiger partial charge in [0, 0.05) is 29.7 Å². The van der Waals surface area contributed by atoms with Crippen LogP contribution in [0.5, 0.6) is 5.88 Å². The summed E-state index contributed by atoms with van der Waals surface area (Å²) in [6.07, 6.45) is 4.57. The SMILES string of the molecule is Cc1nn2c(OC3CCC(c4nc(C(C)C)no4)CC3)ccnc2c1-c1ccc(S(N)(=O)=O)c(F)c1F. The summed E-state index contributed by atoms with van der Waals surface area (Å²) in [5.41, 5.74) is 0.662. The number of hydrogen-bond donors (Lipinski definition) is 1. The first-order valence-corrected chi connectivity index (χ1v) is 13.4. The summed E-state index contributed by atoms with van der Waals surface area (Å²) in [7, 11) is -4.43. The Labute approximate surface area is 211 Å². The highest BCUT2D eigenvalue weighted by molar-refractivity contribution is 7.89. The molecule has 4 aromatic rings. The van der Waals surface area contributed by atoms with Crippen LogP contribution in [-0.4, -0.2) is 39.3 Å². The van der Waals surface area contributed by atoms with E-state index < -0.39 is 26.6 Å². The van der Waals surface area contributed by atoms with Gasteiger partial charge in [0.25, 0.3) is 0 Å². The van der Waals surface area contributed by atoms with Crippen molar-refractivity contribution >= 4 is 15.7 Å². The van der Waals surface area contributed by atoms with Crippen molar-refractivity contribution in [2.75, 3.05) is 0 Å². The Morgan fingerprint density at radius 1 is 1.14 bits per heavy atom. The van der Waals surface area contributed by atoms with E-state index in [1.807, 2.05) is 13.8 Å². The van der Waals surface area contributed by atoms with Crippen LogP contribution < -0.4 is 9.88 Å². The van der Waals surface area contributed by atoms with Crippen molar-refractivity contribution in [3.05, 3.63) is 53.4 Å². The normalized spacial score (nSPS) is 18.6. The molecule has 2 N–H and O–H groups in total. The second-order valence-corrected chi connectivity index (χ2v) is 11.0. The molecule has 13 heteroatoms. The Bertz CT molecular complexity index is 1580. The van der Waals surface area contributed by atoms with Crippen LogP contribution in [0.3, 0.4) is 0 Å². The van der Waals surface area contributed by atoms with Gasteiger partial charge >= 0.3 is 0 Å². The number of aromatic nitrogens is 5. The second-order valence-electron chi connectivity index (χ2n) is 9.50. The van der Waals surface area contributed by atoms with Gasteiger partial charge in [-0.3, -0.25) is 0 Å². The van der Waals surface area contributed by atoms with Crippen molar-refractivity contribution in [3.63, 3.8) is 0 Å². The van der Waals surface area contributed by atoms with Crippen LogP contribution in [0.1, 0.15) is 68.8 Å². The molecule has 1 saturated carbocycles. The van der Waals surface area contributed by atoms with Gasteiger partial charge in [-0.1, -0.05) is 19.0 Å². The van der Waals surface area contributed by atoms with Crippen LogP contribution in [0.15, 0.2) is 33.8 Å². The summed E-state index contributed by atoms with van der Waals surface area (Å²) in [5, 5.41) is 13.5. The molecule has 0 radical (unpaired) electrons. The van der Waals surface area contributed by atoms with Crippen LogP contribution in [0, 0.1) is 18.6 Å². The van der Waals surface area contributed by atoms with Gasteiger partial charge in [-0.25, -0.2) is 27.3 Å². The molecule has 0 saturated heterocycles. The molecule has 196 valence electrons. The van der Waals surface area contributed by atoms with Crippen LogP contribution in [0.25, 0.3) is 16.8 Å². The number of fused-ring (bicyclic) bond motifs is 1. The first-order chi connectivity index (χ1) is 17.5. The smallest absolute Gasteiger partial charge is 0.241 e. The van der Waals surface area contributed by atoms with Gasteiger partial charge in [-0.15, -0.1) is 0 Å². The van der Waals surface area contributed by atoms with E-state index >= 15 is 0 Å². The van der Waals surface area contributed by atoms with E-state index in [4.69, 9.17) is 14.4 Å². The largest absolute Gasteiger partial charge is 0.474 e. The minimum absolute atomic E-state index is 0.0921. The zero-order chi connectivity index (χ0) is 26.5. The van der Waals surface area contributed by atoms with Crippen LogP contribution in [-0.2, 0) is 10.0 Å². The molecule has 0 amide bonds. The number of nitrogens with two attached hydrogens (primary N) is 1. The van der Waals surface area contributed by atoms with Crippen molar-refractivity contribution in [1.29, 1.82) is 0 Å². The molecule has 1 aliphatic carbocycles. The summed E-state index contributed by atoms with van der Waals surface area (Å²) < 4.78 is 65.8. The highest BCUT2D eigenvalue weighted by atomic mass is 32.2. The minimum Gasteiger partial charge on any atom is -0.474 e. The molecule has 3 heterocycles. The number of benzene rings is 1. The number of sulfonamides is 1. The molecule has 0 bridgehead atoms. The predicted molar refractivity (Wildman–Crippen MR) is 128 cm³/mol. The molecule has 1 aromatic carbocycles.